The summed E-state index contributed by atoms with van der Waals surface area (Å²) in [5.74, 6) is 0. The fourth-order valence-electron chi connectivity index (χ4n) is 1.88. The molecule has 2 rings (SSSR count). The Hall–Kier alpha value is -1.80. The largest absolute Gasteiger partial charge is 0.435 e. The van der Waals surface area contributed by atoms with E-state index in [2.05, 4.69) is 10.1 Å². The van der Waals surface area contributed by atoms with Gasteiger partial charge in [-0.25, -0.2) is 0 Å². The van der Waals surface area contributed by atoms with Crippen LogP contribution in [0, 0.1) is 0 Å². The molecule has 0 aliphatic rings. The van der Waals surface area contributed by atoms with Crippen molar-refractivity contribution in [3.63, 3.8) is 0 Å². The molecule has 22 heavy (non-hydrogen) atoms. The smallest absolute Gasteiger partial charge is 0.324 e. The lowest BCUT2D eigenvalue weighted by molar-refractivity contribution is -0.141. The highest BCUT2D eigenvalue weighted by Crippen LogP contribution is 2.31. The number of rotatable bonds is 3. The van der Waals surface area contributed by atoms with E-state index in [-0.39, 0.29) is 30.3 Å². The third-order valence-electron chi connectivity index (χ3n) is 2.67. The zero-order chi connectivity index (χ0) is 15.8. The van der Waals surface area contributed by atoms with Crippen molar-refractivity contribution in [3.8, 4) is 11.4 Å². The van der Waals surface area contributed by atoms with Crippen LogP contribution in [0.2, 0.25) is 0 Å². The Morgan fingerprint density at radius 1 is 1.32 bits per heavy atom. The maximum Gasteiger partial charge on any atom is 0.435 e. The summed E-state index contributed by atoms with van der Waals surface area (Å²) in [6.07, 6.45) is -4.56. The lowest BCUT2D eigenvalue weighted by atomic mass is 10.1. The van der Waals surface area contributed by atoms with E-state index < -0.39 is 23.0 Å². The second-order valence-corrected chi connectivity index (χ2v) is 5.49. The van der Waals surface area contributed by atoms with Gasteiger partial charge >= 0.3 is 6.18 Å². The number of aromatic amines is 1. The van der Waals surface area contributed by atoms with Gasteiger partial charge in [0.25, 0.3) is 0 Å². The average molecular weight is 337 g/mol. The molecule has 2 aromatic rings. The molecule has 0 amide bonds. The summed E-state index contributed by atoms with van der Waals surface area (Å²) >= 11 is 0. The van der Waals surface area contributed by atoms with Crippen molar-refractivity contribution in [2.75, 3.05) is 0 Å². The number of hydrogen-bond donors (Lipinski definition) is 2. The molecule has 0 saturated carbocycles. The third kappa shape index (κ3) is 4.35. The SMILES string of the molecule is CC(C)(N)Cn1nc(C(F)(F)F)cc1-c1cccc(=O)[nH]1.Cl. The lowest BCUT2D eigenvalue weighted by Crippen LogP contribution is -2.37. The number of nitrogens with two attached hydrogens (primary N) is 1. The fraction of sp³-hybridized carbons (Fsp3) is 0.385. The predicted octanol–water partition coefficient (Wildman–Crippen LogP) is 2.42. The van der Waals surface area contributed by atoms with E-state index >= 15 is 0 Å². The Morgan fingerprint density at radius 3 is 2.45 bits per heavy atom. The van der Waals surface area contributed by atoms with Crippen molar-refractivity contribution in [2.24, 2.45) is 5.73 Å². The van der Waals surface area contributed by atoms with Crippen molar-refractivity contribution in [3.05, 3.63) is 40.3 Å². The maximum atomic E-state index is 12.8. The summed E-state index contributed by atoms with van der Waals surface area (Å²) in [5, 5.41) is 3.56. The van der Waals surface area contributed by atoms with Gasteiger partial charge in [-0.15, -0.1) is 12.4 Å². The van der Waals surface area contributed by atoms with Gasteiger partial charge in [0.15, 0.2) is 5.69 Å². The molecule has 0 spiro atoms. The number of aromatic nitrogens is 3. The molecular weight excluding hydrogens is 321 g/mol. The first kappa shape index (κ1) is 18.2. The highest BCUT2D eigenvalue weighted by atomic mass is 35.5. The normalized spacial score (nSPS) is 12.1. The first-order valence-corrected chi connectivity index (χ1v) is 6.20. The summed E-state index contributed by atoms with van der Waals surface area (Å²) in [4.78, 5) is 13.8. The van der Waals surface area contributed by atoms with Gasteiger partial charge in [-0.3, -0.25) is 9.48 Å². The Balaban J connectivity index is 0.00000242. The molecule has 0 atom stereocenters. The van der Waals surface area contributed by atoms with E-state index in [1.807, 2.05) is 0 Å². The van der Waals surface area contributed by atoms with Crippen molar-refractivity contribution in [1.82, 2.24) is 14.8 Å². The van der Waals surface area contributed by atoms with E-state index in [0.29, 0.717) is 0 Å². The third-order valence-corrected chi connectivity index (χ3v) is 2.67. The molecule has 5 nitrogen and oxygen atoms in total. The fourth-order valence-corrected chi connectivity index (χ4v) is 1.88. The summed E-state index contributed by atoms with van der Waals surface area (Å²) in [6, 6.07) is 5.16. The molecule has 0 unspecified atom stereocenters. The van der Waals surface area contributed by atoms with Gasteiger partial charge in [0.2, 0.25) is 5.56 Å². The lowest BCUT2D eigenvalue weighted by Gasteiger charge is -2.19. The molecule has 3 N–H and O–H groups in total. The zero-order valence-corrected chi connectivity index (χ0v) is 12.8. The second-order valence-electron chi connectivity index (χ2n) is 5.49. The van der Waals surface area contributed by atoms with Gasteiger partial charge in [0.05, 0.1) is 17.9 Å². The Labute approximate surface area is 130 Å². The van der Waals surface area contributed by atoms with Gasteiger partial charge in [0, 0.05) is 11.6 Å². The Kier molecular flexibility index (Phi) is 5.09. The first-order valence-electron chi connectivity index (χ1n) is 6.20. The number of nitrogens with zero attached hydrogens (tertiary/aromatic N) is 2. The van der Waals surface area contributed by atoms with Crippen molar-refractivity contribution in [1.29, 1.82) is 0 Å². The van der Waals surface area contributed by atoms with Crippen LogP contribution in [0.1, 0.15) is 19.5 Å². The monoisotopic (exact) mass is 336 g/mol. The average Bonchev–Trinajstić information content (AvgIpc) is 2.70. The van der Waals surface area contributed by atoms with E-state index in [1.165, 1.54) is 18.2 Å². The van der Waals surface area contributed by atoms with Crippen LogP contribution in [0.5, 0.6) is 0 Å². The van der Waals surface area contributed by atoms with Gasteiger partial charge in [-0.05, 0) is 26.0 Å². The van der Waals surface area contributed by atoms with E-state index in [0.717, 1.165) is 10.7 Å². The minimum Gasteiger partial charge on any atom is -0.324 e. The van der Waals surface area contributed by atoms with Crippen LogP contribution in [0.3, 0.4) is 0 Å². The number of halogens is 4. The molecule has 0 saturated heterocycles. The minimum atomic E-state index is -4.56. The summed E-state index contributed by atoms with van der Waals surface area (Å²) in [5.41, 5.74) is 4.10. The zero-order valence-electron chi connectivity index (χ0n) is 11.9. The molecule has 0 aliphatic carbocycles. The van der Waals surface area contributed by atoms with Crippen LogP contribution in [0.25, 0.3) is 11.4 Å². The molecule has 0 aromatic carbocycles. The molecule has 0 radical (unpaired) electrons. The van der Waals surface area contributed by atoms with Crippen molar-refractivity contribution >= 4 is 12.4 Å². The number of hydrogen-bond acceptors (Lipinski definition) is 3. The maximum absolute atomic E-state index is 12.8. The molecule has 0 fully saturated rings. The topological polar surface area (TPSA) is 76.7 Å². The van der Waals surface area contributed by atoms with Crippen molar-refractivity contribution < 1.29 is 13.2 Å². The summed E-state index contributed by atoms with van der Waals surface area (Å²) < 4.78 is 39.7. The Bertz CT molecular complexity index is 700. The number of H-pyrrole nitrogens is 1. The molecular formula is C13H16ClF3N4O. The van der Waals surface area contributed by atoms with Crippen LogP contribution in [0.15, 0.2) is 29.1 Å². The number of alkyl halides is 3. The molecule has 122 valence electrons. The highest BCUT2D eigenvalue weighted by Gasteiger charge is 2.35. The van der Waals surface area contributed by atoms with Crippen LogP contribution in [0.4, 0.5) is 13.2 Å². The van der Waals surface area contributed by atoms with Gasteiger partial charge in [0.1, 0.15) is 0 Å². The first-order chi connectivity index (χ1) is 9.56. The van der Waals surface area contributed by atoms with E-state index in [9.17, 15) is 18.0 Å². The number of nitrogens with one attached hydrogen (secondary N) is 1. The van der Waals surface area contributed by atoms with Gasteiger partial charge in [-0.2, -0.15) is 18.3 Å². The van der Waals surface area contributed by atoms with Crippen LogP contribution in [-0.2, 0) is 12.7 Å². The highest BCUT2D eigenvalue weighted by molar-refractivity contribution is 5.85. The van der Waals surface area contributed by atoms with Crippen LogP contribution < -0.4 is 11.3 Å². The predicted molar refractivity (Wildman–Crippen MR) is 78.8 cm³/mol. The number of pyridine rings is 1. The van der Waals surface area contributed by atoms with Crippen LogP contribution >= 0.6 is 12.4 Å². The summed E-state index contributed by atoms with van der Waals surface area (Å²) in [7, 11) is 0. The molecule has 0 aliphatic heterocycles. The summed E-state index contributed by atoms with van der Waals surface area (Å²) in [6.45, 7) is 3.44. The van der Waals surface area contributed by atoms with E-state index in [1.54, 1.807) is 13.8 Å². The van der Waals surface area contributed by atoms with Crippen molar-refractivity contribution in [2.45, 2.75) is 32.1 Å². The quantitative estimate of drug-likeness (QED) is 0.903. The van der Waals surface area contributed by atoms with Gasteiger partial charge in [-0.1, -0.05) is 6.07 Å². The minimum absolute atomic E-state index is 0. The molecule has 2 heterocycles. The standard InChI is InChI=1S/C13H15F3N4O.ClH/c1-12(2,17)7-20-9(6-10(19-20)13(14,15)16)8-4-3-5-11(21)18-8;/h3-6H,7,17H2,1-2H3,(H,18,21);1H. The molecule has 0 bridgehead atoms. The van der Waals surface area contributed by atoms with Gasteiger partial charge < -0.3 is 10.7 Å². The molecule has 9 heteroatoms. The second kappa shape index (κ2) is 6.13. The Morgan fingerprint density at radius 2 is 1.95 bits per heavy atom. The molecule has 2 aromatic heterocycles. The van der Waals surface area contributed by atoms with E-state index in [4.69, 9.17) is 5.73 Å². The van der Waals surface area contributed by atoms with Crippen LogP contribution in [-0.4, -0.2) is 20.3 Å².